The summed E-state index contributed by atoms with van der Waals surface area (Å²) in [6.45, 7) is -2.71. The Morgan fingerprint density at radius 2 is 2.00 bits per heavy atom. The summed E-state index contributed by atoms with van der Waals surface area (Å²) in [6, 6.07) is 5.27. The van der Waals surface area contributed by atoms with Gasteiger partial charge >= 0.3 is 0 Å². The number of nitrogens with zero attached hydrogens (tertiary/aromatic N) is 3. The average Bonchev–Trinajstić information content (AvgIpc) is 2.67. The molecular formula is C18H15ClFN5O2. The monoisotopic (exact) mass is 390 g/mol. The van der Waals surface area contributed by atoms with Crippen molar-refractivity contribution in [2.45, 2.75) is 0 Å². The predicted octanol–water partition coefficient (Wildman–Crippen LogP) is 3.44. The van der Waals surface area contributed by atoms with Gasteiger partial charge < -0.3 is 15.4 Å². The van der Waals surface area contributed by atoms with Crippen molar-refractivity contribution in [3.63, 3.8) is 0 Å². The van der Waals surface area contributed by atoms with Gasteiger partial charge in [0.2, 0.25) is 0 Å². The molecule has 1 aromatic carbocycles. The molecule has 9 heteroatoms. The largest absolute Gasteiger partial charge is 0.494 e. The molecule has 0 fully saturated rings. The van der Waals surface area contributed by atoms with Gasteiger partial charge in [0, 0.05) is 35.7 Å². The number of aromatic nitrogens is 3. The summed E-state index contributed by atoms with van der Waals surface area (Å²) in [5, 5.41) is 4.76. The van der Waals surface area contributed by atoms with Crippen molar-refractivity contribution in [1.29, 1.82) is 0 Å². The van der Waals surface area contributed by atoms with Crippen molar-refractivity contribution >= 4 is 28.9 Å². The highest BCUT2D eigenvalue weighted by molar-refractivity contribution is 6.29. The molecule has 27 heavy (non-hydrogen) atoms. The fourth-order valence-electron chi connectivity index (χ4n) is 2.44. The summed E-state index contributed by atoms with van der Waals surface area (Å²) in [6.07, 6.45) is 4.11. The second-order valence-electron chi connectivity index (χ2n) is 5.24. The fourth-order valence-corrected chi connectivity index (χ4v) is 2.60. The Morgan fingerprint density at radius 1 is 1.22 bits per heavy atom. The number of ether oxygens (including phenoxy) is 1. The van der Waals surface area contributed by atoms with E-state index in [4.69, 9.17) is 20.5 Å². The third kappa shape index (κ3) is 3.95. The van der Waals surface area contributed by atoms with E-state index in [0.717, 1.165) is 12.3 Å². The minimum atomic E-state index is -2.71. The number of rotatable bonds is 5. The van der Waals surface area contributed by atoms with E-state index in [1.807, 2.05) is 5.32 Å². The van der Waals surface area contributed by atoms with Crippen LogP contribution < -0.4 is 15.4 Å². The van der Waals surface area contributed by atoms with Crippen LogP contribution in [0.4, 0.5) is 15.8 Å². The maximum Gasteiger partial charge on any atom is 0.254 e. The van der Waals surface area contributed by atoms with Crippen LogP contribution in [0.2, 0.25) is 5.15 Å². The topological polar surface area (TPSA) is 89.0 Å². The van der Waals surface area contributed by atoms with Gasteiger partial charge in [-0.15, -0.1) is 0 Å². The van der Waals surface area contributed by atoms with Gasteiger partial charge in [0.1, 0.15) is 11.0 Å². The lowest BCUT2D eigenvalue weighted by Crippen LogP contribution is -2.19. The van der Waals surface area contributed by atoms with Crippen LogP contribution in [-0.4, -0.2) is 34.9 Å². The highest BCUT2D eigenvalue weighted by Gasteiger charge is 2.18. The van der Waals surface area contributed by atoms with Gasteiger partial charge in [0.25, 0.3) is 5.91 Å². The molecule has 1 amide bonds. The van der Waals surface area contributed by atoms with E-state index >= 15 is 0 Å². The highest BCUT2D eigenvalue weighted by Crippen LogP contribution is 2.38. The summed E-state index contributed by atoms with van der Waals surface area (Å²) in [7, 11) is 1.38. The van der Waals surface area contributed by atoms with E-state index in [1.165, 1.54) is 31.6 Å². The molecule has 2 heterocycles. The normalized spacial score (nSPS) is 12.5. The summed E-state index contributed by atoms with van der Waals surface area (Å²) in [5.74, 6) is -1.10. The lowest BCUT2D eigenvalue weighted by molar-refractivity contribution is 0.0963. The van der Waals surface area contributed by atoms with Gasteiger partial charge in [-0.3, -0.25) is 4.79 Å². The highest BCUT2D eigenvalue weighted by atomic mass is 35.5. The van der Waals surface area contributed by atoms with Crippen LogP contribution in [0.25, 0.3) is 11.4 Å². The van der Waals surface area contributed by atoms with E-state index in [-0.39, 0.29) is 39.2 Å². The summed E-state index contributed by atoms with van der Waals surface area (Å²) in [5.41, 5.74) is 0.402. The van der Waals surface area contributed by atoms with Gasteiger partial charge in [0.15, 0.2) is 11.6 Å². The number of nitrogens with one attached hydrogen (secondary N) is 2. The Balaban J connectivity index is 2.08. The second kappa shape index (κ2) is 7.96. The molecule has 0 saturated heterocycles. The van der Waals surface area contributed by atoms with E-state index in [2.05, 4.69) is 20.3 Å². The van der Waals surface area contributed by atoms with Crippen LogP contribution in [-0.2, 0) is 0 Å². The van der Waals surface area contributed by atoms with Crippen LogP contribution in [0.1, 0.15) is 14.5 Å². The first-order valence-electron chi connectivity index (χ1n) is 9.08. The zero-order valence-corrected chi connectivity index (χ0v) is 14.7. The lowest BCUT2D eigenvalue weighted by Gasteiger charge is -2.16. The molecule has 2 aromatic heterocycles. The number of carbonyl (C=O) groups excluding carboxylic acids is 1. The molecular weight excluding hydrogens is 373 g/mol. The molecule has 0 radical (unpaired) electrons. The molecule has 0 aliphatic carbocycles. The molecule has 0 spiro atoms. The number of pyridine rings is 1. The first kappa shape index (κ1) is 14.9. The molecule has 0 bridgehead atoms. The quantitative estimate of drug-likeness (QED) is 0.649. The number of halogens is 2. The maximum atomic E-state index is 14.4. The molecule has 0 unspecified atom stereocenters. The fraction of sp³-hybridized carbons (Fsp3) is 0.111. The van der Waals surface area contributed by atoms with Crippen molar-refractivity contribution in [2.24, 2.45) is 0 Å². The number of benzene rings is 1. The molecule has 7 nitrogen and oxygen atoms in total. The van der Waals surface area contributed by atoms with Gasteiger partial charge in [-0.25, -0.2) is 19.3 Å². The minimum absolute atomic E-state index is 0.0323. The van der Waals surface area contributed by atoms with Crippen molar-refractivity contribution in [1.82, 2.24) is 20.3 Å². The lowest BCUT2D eigenvalue weighted by atomic mass is 10.1. The van der Waals surface area contributed by atoms with Gasteiger partial charge in [-0.05, 0) is 18.2 Å². The van der Waals surface area contributed by atoms with E-state index in [0.29, 0.717) is 0 Å². The third-order valence-electron chi connectivity index (χ3n) is 3.56. The first-order valence-corrected chi connectivity index (χ1v) is 7.96. The molecule has 0 atom stereocenters. The number of anilines is 2. The second-order valence-corrected chi connectivity index (χ2v) is 5.63. The zero-order chi connectivity index (χ0) is 21.9. The van der Waals surface area contributed by atoms with Gasteiger partial charge in [0.05, 0.1) is 29.6 Å². The number of carbonyl (C=O) groups is 1. The smallest absolute Gasteiger partial charge is 0.254 e. The molecule has 3 aromatic rings. The molecule has 138 valence electrons. The number of hydrogen-bond acceptors (Lipinski definition) is 6. The summed E-state index contributed by atoms with van der Waals surface area (Å²) < 4.78 is 41.4. The Bertz CT molecular complexity index is 1080. The van der Waals surface area contributed by atoms with Crippen molar-refractivity contribution < 1.29 is 18.0 Å². The van der Waals surface area contributed by atoms with Gasteiger partial charge in [-0.2, -0.15) is 0 Å². The molecule has 0 aliphatic rings. The minimum Gasteiger partial charge on any atom is -0.494 e. The van der Waals surface area contributed by atoms with Crippen LogP contribution in [0.3, 0.4) is 0 Å². The SMILES string of the molecule is [2H]C([2H])([2H])NC(=O)c1cnc(Cl)cc1Nc1cc(F)cc(-c2ncccn2)c1OC. The van der Waals surface area contributed by atoms with Crippen LogP contribution in [0.15, 0.2) is 42.9 Å². The molecule has 3 rings (SSSR count). The van der Waals surface area contributed by atoms with E-state index in [1.54, 1.807) is 6.07 Å². The number of methoxy groups -OCH3 is 1. The number of hydrogen-bond donors (Lipinski definition) is 2. The maximum absolute atomic E-state index is 14.4. The van der Waals surface area contributed by atoms with Crippen molar-refractivity contribution in [2.75, 3.05) is 19.4 Å². The Morgan fingerprint density at radius 3 is 2.70 bits per heavy atom. The van der Waals surface area contributed by atoms with Crippen molar-refractivity contribution in [3.8, 4) is 17.1 Å². The zero-order valence-electron chi connectivity index (χ0n) is 17.0. The Labute approximate surface area is 163 Å². The third-order valence-corrected chi connectivity index (χ3v) is 3.77. The first-order chi connectivity index (χ1) is 14.2. The summed E-state index contributed by atoms with van der Waals surface area (Å²) in [4.78, 5) is 24.4. The molecule has 2 N–H and O–H groups in total. The van der Waals surface area contributed by atoms with E-state index < -0.39 is 18.7 Å². The van der Waals surface area contributed by atoms with Crippen molar-refractivity contribution in [3.05, 3.63) is 59.4 Å². The standard InChI is InChI=1S/C18H15ClFN5O2/c1-21-18(26)12-9-24-15(19)8-13(12)25-14-7-10(20)6-11(16(14)27-2)17-22-4-3-5-23-17/h3-9H,1-2H3,(H,21,26)(H,24,25)/i1D3. The van der Waals surface area contributed by atoms with E-state index in [9.17, 15) is 9.18 Å². The predicted molar refractivity (Wildman–Crippen MR) is 99.9 cm³/mol. The average molecular weight is 391 g/mol. The summed E-state index contributed by atoms with van der Waals surface area (Å²) >= 11 is 5.93. The van der Waals surface area contributed by atoms with Crippen LogP contribution in [0, 0.1) is 5.82 Å². The number of amides is 1. The molecule has 0 aliphatic heterocycles. The Hall–Kier alpha value is -3.26. The Kier molecular flexibility index (Phi) is 4.38. The van der Waals surface area contributed by atoms with Gasteiger partial charge in [-0.1, -0.05) is 11.6 Å². The van der Waals surface area contributed by atoms with Crippen LogP contribution in [0.5, 0.6) is 5.75 Å². The van der Waals surface area contributed by atoms with Crippen LogP contribution >= 0.6 is 11.6 Å². The molecule has 0 saturated carbocycles.